The zero-order valence-electron chi connectivity index (χ0n) is 10.4. The van der Waals surface area contributed by atoms with Crippen molar-refractivity contribution in [1.82, 2.24) is 15.5 Å². The Kier molecular flexibility index (Phi) is 5.21. The Hall–Kier alpha value is -1.30. The van der Waals surface area contributed by atoms with Gasteiger partial charge in [0.25, 0.3) is 0 Å². The molecule has 0 bridgehead atoms. The first kappa shape index (κ1) is 13.8. The standard InChI is InChI=1S/C11H21N3O3/c1-8-6-14(7-9(8)10(15)16)11(17)13-5-3-4-12-2/h8-9,12H,3-7H2,1-2H3,(H,13,17)(H,15,16)/t8-,9-/m1/s1. The van der Waals surface area contributed by atoms with Crippen molar-refractivity contribution in [3.63, 3.8) is 0 Å². The highest BCUT2D eigenvalue weighted by molar-refractivity contribution is 5.77. The molecule has 17 heavy (non-hydrogen) atoms. The number of amides is 2. The summed E-state index contributed by atoms with van der Waals surface area (Å²) in [6, 6.07) is -0.156. The van der Waals surface area contributed by atoms with Gasteiger partial charge in [0, 0.05) is 19.6 Å². The lowest BCUT2D eigenvalue weighted by atomic mass is 9.99. The molecule has 1 aliphatic heterocycles. The fraction of sp³-hybridized carbons (Fsp3) is 0.818. The van der Waals surface area contributed by atoms with Gasteiger partial charge in [-0.15, -0.1) is 0 Å². The molecule has 0 aliphatic carbocycles. The van der Waals surface area contributed by atoms with E-state index < -0.39 is 11.9 Å². The summed E-state index contributed by atoms with van der Waals surface area (Å²) < 4.78 is 0. The van der Waals surface area contributed by atoms with E-state index in [2.05, 4.69) is 10.6 Å². The first-order valence-electron chi connectivity index (χ1n) is 5.96. The summed E-state index contributed by atoms with van der Waals surface area (Å²) in [4.78, 5) is 24.2. The molecule has 0 aromatic rings. The van der Waals surface area contributed by atoms with Crippen LogP contribution in [0.25, 0.3) is 0 Å². The average molecular weight is 243 g/mol. The van der Waals surface area contributed by atoms with Crippen LogP contribution in [-0.4, -0.2) is 55.2 Å². The molecule has 1 heterocycles. The van der Waals surface area contributed by atoms with Crippen molar-refractivity contribution >= 4 is 12.0 Å². The second-order valence-corrected chi connectivity index (χ2v) is 4.52. The van der Waals surface area contributed by atoms with E-state index in [4.69, 9.17) is 5.11 Å². The second-order valence-electron chi connectivity index (χ2n) is 4.52. The van der Waals surface area contributed by atoms with Gasteiger partial charge < -0.3 is 20.6 Å². The third kappa shape index (κ3) is 3.89. The van der Waals surface area contributed by atoms with E-state index >= 15 is 0 Å². The molecule has 2 amide bonds. The van der Waals surface area contributed by atoms with Crippen molar-refractivity contribution in [1.29, 1.82) is 0 Å². The predicted octanol–water partition coefficient (Wildman–Crippen LogP) is -0.0420. The molecule has 1 saturated heterocycles. The van der Waals surface area contributed by atoms with Gasteiger partial charge in [0.15, 0.2) is 0 Å². The summed E-state index contributed by atoms with van der Waals surface area (Å²) in [6.07, 6.45) is 0.869. The number of carboxylic acids is 1. The van der Waals surface area contributed by atoms with E-state index in [1.54, 1.807) is 4.90 Å². The third-order valence-electron chi connectivity index (χ3n) is 3.10. The molecule has 0 unspecified atom stereocenters. The van der Waals surface area contributed by atoms with Crippen LogP contribution < -0.4 is 10.6 Å². The van der Waals surface area contributed by atoms with Crippen LogP contribution in [0, 0.1) is 11.8 Å². The number of carbonyl (C=O) groups is 2. The molecule has 0 aromatic carbocycles. The number of aliphatic carboxylic acids is 1. The van der Waals surface area contributed by atoms with Crippen LogP contribution in [0.1, 0.15) is 13.3 Å². The normalized spacial score (nSPS) is 23.8. The highest BCUT2D eigenvalue weighted by Crippen LogP contribution is 2.22. The molecule has 2 atom stereocenters. The number of hydrogen-bond acceptors (Lipinski definition) is 3. The molecule has 98 valence electrons. The first-order valence-corrected chi connectivity index (χ1v) is 5.96. The topological polar surface area (TPSA) is 81.7 Å². The van der Waals surface area contributed by atoms with E-state index in [0.29, 0.717) is 19.6 Å². The van der Waals surface area contributed by atoms with Gasteiger partial charge in [-0.05, 0) is 25.9 Å². The SMILES string of the molecule is CNCCCNC(=O)N1C[C@@H](C)[C@H](C(=O)O)C1. The summed E-state index contributed by atoms with van der Waals surface area (Å²) in [6.45, 7) is 4.17. The lowest BCUT2D eigenvalue weighted by molar-refractivity contribution is -0.142. The highest BCUT2D eigenvalue weighted by atomic mass is 16.4. The van der Waals surface area contributed by atoms with Crippen LogP contribution >= 0.6 is 0 Å². The van der Waals surface area contributed by atoms with E-state index in [1.165, 1.54) is 0 Å². The first-order chi connectivity index (χ1) is 8.06. The Morgan fingerprint density at radius 3 is 2.59 bits per heavy atom. The molecule has 6 heteroatoms. The molecule has 0 spiro atoms. The predicted molar refractivity (Wildman–Crippen MR) is 63.8 cm³/mol. The van der Waals surface area contributed by atoms with E-state index in [9.17, 15) is 9.59 Å². The van der Waals surface area contributed by atoms with Crippen LogP contribution in [0.15, 0.2) is 0 Å². The van der Waals surface area contributed by atoms with Gasteiger partial charge in [-0.3, -0.25) is 4.79 Å². The maximum atomic E-state index is 11.7. The van der Waals surface area contributed by atoms with Gasteiger partial charge >= 0.3 is 12.0 Å². The smallest absolute Gasteiger partial charge is 0.317 e. The lowest BCUT2D eigenvalue weighted by Crippen LogP contribution is -2.39. The summed E-state index contributed by atoms with van der Waals surface area (Å²) in [7, 11) is 1.86. The Balaban J connectivity index is 2.32. The minimum Gasteiger partial charge on any atom is -0.481 e. The van der Waals surface area contributed by atoms with Gasteiger partial charge in [0.2, 0.25) is 0 Å². The Morgan fingerprint density at radius 2 is 2.06 bits per heavy atom. The van der Waals surface area contributed by atoms with Crippen molar-refractivity contribution in [2.75, 3.05) is 33.2 Å². The maximum absolute atomic E-state index is 11.7. The molecule has 6 nitrogen and oxygen atoms in total. The fourth-order valence-corrected chi connectivity index (χ4v) is 2.03. The number of nitrogens with one attached hydrogen (secondary N) is 2. The molecule has 1 rings (SSSR count). The van der Waals surface area contributed by atoms with Gasteiger partial charge in [-0.1, -0.05) is 6.92 Å². The molecular weight excluding hydrogens is 222 g/mol. The summed E-state index contributed by atoms with van der Waals surface area (Å²) in [5.74, 6) is -1.23. The van der Waals surface area contributed by atoms with Crippen molar-refractivity contribution in [2.24, 2.45) is 11.8 Å². The molecule has 1 fully saturated rings. The third-order valence-corrected chi connectivity index (χ3v) is 3.10. The molecule has 0 aromatic heterocycles. The van der Waals surface area contributed by atoms with Gasteiger partial charge in [-0.2, -0.15) is 0 Å². The molecular formula is C11H21N3O3. The minimum absolute atomic E-state index is 0.0237. The van der Waals surface area contributed by atoms with Gasteiger partial charge in [0.05, 0.1) is 5.92 Å². The number of hydrogen-bond donors (Lipinski definition) is 3. The van der Waals surface area contributed by atoms with Crippen molar-refractivity contribution in [3.05, 3.63) is 0 Å². The Bertz CT molecular complexity index is 283. The minimum atomic E-state index is -0.817. The number of likely N-dealkylation sites (tertiary alicyclic amines) is 1. The van der Waals surface area contributed by atoms with E-state index in [1.807, 2.05) is 14.0 Å². The summed E-state index contributed by atoms with van der Waals surface area (Å²) in [5, 5.41) is 14.8. The van der Waals surface area contributed by atoms with Crippen LogP contribution in [0.4, 0.5) is 4.79 Å². The molecule has 0 radical (unpaired) electrons. The maximum Gasteiger partial charge on any atom is 0.317 e. The monoisotopic (exact) mass is 243 g/mol. The summed E-state index contributed by atoms with van der Waals surface area (Å²) in [5.41, 5.74) is 0. The Labute approximate surface area is 101 Å². The van der Waals surface area contributed by atoms with Crippen LogP contribution in [-0.2, 0) is 4.79 Å². The van der Waals surface area contributed by atoms with E-state index in [-0.39, 0.29) is 11.9 Å². The van der Waals surface area contributed by atoms with Crippen molar-refractivity contribution in [2.45, 2.75) is 13.3 Å². The van der Waals surface area contributed by atoms with Crippen LogP contribution in [0.3, 0.4) is 0 Å². The van der Waals surface area contributed by atoms with Crippen LogP contribution in [0.5, 0.6) is 0 Å². The van der Waals surface area contributed by atoms with Crippen molar-refractivity contribution in [3.8, 4) is 0 Å². The largest absolute Gasteiger partial charge is 0.481 e. The summed E-state index contributed by atoms with van der Waals surface area (Å²) >= 11 is 0. The average Bonchev–Trinajstić information content (AvgIpc) is 2.66. The van der Waals surface area contributed by atoms with Gasteiger partial charge in [-0.25, -0.2) is 4.79 Å². The Morgan fingerprint density at radius 1 is 1.35 bits per heavy atom. The van der Waals surface area contributed by atoms with Crippen LogP contribution in [0.2, 0.25) is 0 Å². The molecule has 3 N–H and O–H groups in total. The molecule has 1 aliphatic rings. The highest BCUT2D eigenvalue weighted by Gasteiger charge is 2.36. The quantitative estimate of drug-likeness (QED) is 0.592. The number of rotatable bonds is 5. The fourth-order valence-electron chi connectivity index (χ4n) is 2.03. The molecule has 0 saturated carbocycles. The van der Waals surface area contributed by atoms with Crippen molar-refractivity contribution < 1.29 is 14.7 Å². The van der Waals surface area contributed by atoms with E-state index in [0.717, 1.165) is 13.0 Å². The zero-order valence-corrected chi connectivity index (χ0v) is 10.4. The second kappa shape index (κ2) is 6.44. The van der Waals surface area contributed by atoms with Gasteiger partial charge in [0.1, 0.15) is 0 Å². The number of carbonyl (C=O) groups excluding carboxylic acids is 1. The lowest BCUT2D eigenvalue weighted by Gasteiger charge is -2.16. The number of urea groups is 1. The zero-order chi connectivity index (χ0) is 12.8. The number of nitrogens with zero attached hydrogens (tertiary/aromatic N) is 1. The number of carboxylic acid groups (broad SMARTS) is 1.